The van der Waals surface area contributed by atoms with E-state index in [-0.39, 0.29) is 6.04 Å². The van der Waals surface area contributed by atoms with Crippen LogP contribution < -0.4 is 10.6 Å². The molecule has 1 atom stereocenters. The molecule has 0 amide bonds. The second-order valence-corrected chi connectivity index (χ2v) is 6.67. The van der Waals surface area contributed by atoms with Crippen LogP contribution >= 0.6 is 0 Å². The molecule has 0 fully saturated rings. The Bertz CT molecular complexity index is 858. The van der Waals surface area contributed by atoms with Crippen LogP contribution in [0.5, 0.6) is 0 Å². The van der Waals surface area contributed by atoms with Gasteiger partial charge in [0, 0.05) is 25.5 Å². The number of aromatic nitrogens is 1. The largest absolute Gasteiger partial charge is 0.416 e. The topological polar surface area (TPSA) is 39.8 Å². The maximum absolute atomic E-state index is 12.7. The van der Waals surface area contributed by atoms with E-state index in [4.69, 9.17) is 0 Å². The van der Waals surface area contributed by atoms with Crippen molar-refractivity contribution in [1.29, 1.82) is 0 Å². The van der Waals surface area contributed by atoms with Gasteiger partial charge in [0.15, 0.2) is 0 Å². The number of aromatic amines is 1. The van der Waals surface area contributed by atoms with Crippen molar-refractivity contribution in [2.24, 2.45) is 0 Å². The lowest BCUT2D eigenvalue weighted by Gasteiger charge is -2.18. The van der Waals surface area contributed by atoms with E-state index in [1.165, 1.54) is 12.1 Å². The van der Waals surface area contributed by atoms with Crippen molar-refractivity contribution in [1.82, 2.24) is 15.6 Å². The number of H-pyrrole nitrogens is 1. The van der Waals surface area contributed by atoms with E-state index in [0.29, 0.717) is 6.42 Å². The van der Waals surface area contributed by atoms with Crippen LogP contribution in [-0.4, -0.2) is 18.1 Å². The predicted molar refractivity (Wildman–Crippen MR) is 109 cm³/mol. The summed E-state index contributed by atoms with van der Waals surface area (Å²) in [5.41, 5.74) is 4.83. The summed E-state index contributed by atoms with van der Waals surface area (Å²) in [4.78, 5) is 3.22. The minimum absolute atomic E-state index is 0.0125. The Kier molecular flexibility index (Phi) is 6.78. The molecule has 28 heavy (non-hydrogen) atoms. The maximum atomic E-state index is 12.7. The smallest absolute Gasteiger partial charge is 0.394 e. The van der Waals surface area contributed by atoms with Crippen LogP contribution in [-0.2, 0) is 12.6 Å². The van der Waals surface area contributed by atoms with Gasteiger partial charge in [0.2, 0.25) is 0 Å². The van der Waals surface area contributed by atoms with Crippen LogP contribution in [0, 0.1) is 6.92 Å². The lowest BCUT2D eigenvalue weighted by Crippen LogP contribution is -2.26. The third kappa shape index (κ3) is 5.09. The quantitative estimate of drug-likeness (QED) is 0.545. The van der Waals surface area contributed by atoms with Crippen molar-refractivity contribution in [2.45, 2.75) is 32.5 Å². The van der Waals surface area contributed by atoms with Crippen molar-refractivity contribution in [2.75, 3.05) is 7.05 Å². The molecule has 0 saturated heterocycles. The zero-order valence-corrected chi connectivity index (χ0v) is 16.4. The Balaban J connectivity index is 2.12. The summed E-state index contributed by atoms with van der Waals surface area (Å²) in [5, 5.41) is 6.33. The van der Waals surface area contributed by atoms with Gasteiger partial charge in [-0.3, -0.25) is 0 Å². The number of halogens is 3. The van der Waals surface area contributed by atoms with Gasteiger partial charge in [-0.2, -0.15) is 13.2 Å². The molecule has 6 heteroatoms. The standard InChI is InChI=1S/C22H26F3N3/c1-6-18(12-26-5)15(3)28-16(4)21-14(2)19(13-27-21)11-17-7-9-20(10-8-17)22(23,24)25/h6-10,12-13,15,26-28H,1,4,11H2,2-3,5H3/b18-12+. The highest BCUT2D eigenvalue weighted by atomic mass is 19.4. The normalized spacial score (nSPS) is 13.1. The predicted octanol–water partition coefficient (Wildman–Crippen LogP) is 5.17. The Labute approximate surface area is 164 Å². The highest BCUT2D eigenvalue weighted by molar-refractivity contribution is 5.64. The van der Waals surface area contributed by atoms with Gasteiger partial charge in [0.25, 0.3) is 0 Å². The first-order chi connectivity index (χ1) is 13.2. The molecule has 3 nitrogen and oxygen atoms in total. The van der Waals surface area contributed by atoms with Crippen LogP contribution in [0.1, 0.15) is 34.9 Å². The molecule has 1 aromatic heterocycles. The van der Waals surface area contributed by atoms with E-state index >= 15 is 0 Å². The second kappa shape index (κ2) is 8.87. The van der Waals surface area contributed by atoms with Gasteiger partial charge in [-0.1, -0.05) is 31.4 Å². The highest BCUT2D eigenvalue weighted by Crippen LogP contribution is 2.30. The molecule has 1 heterocycles. The van der Waals surface area contributed by atoms with Gasteiger partial charge >= 0.3 is 6.18 Å². The summed E-state index contributed by atoms with van der Waals surface area (Å²) < 4.78 is 38.1. The van der Waals surface area contributed by atoms with Gasteiger partial charge in [-0.15, -0.1) is 0 Å². The first kappa shape index (κ1) is 21.4. The molecule has 0 spiro atoms. The lowest BCUT2D eigenvalue weighted by atomic mass is 10.0. The molecule has 1 aromatic carbocycles. The SMILES string of the molecule is C=C/C(=C\NC)C(C)NC(=C)c1[nH]cc(Cc2ccc(C(F)(F)F)cc2)c1C. The highest BCUT2D eigenvalue weighted by Gasteiger charge is 2.29. The zero-order valence-electron chi connectivity index (χ0n) is 16.4. The van der Waals surface area contributed by atoms with E-state index < -0.39 is 11.7 Å². The number of benzene rings is 1. The molecule has 150 valence electrons. The van der Waals surface area contributed by atoms with Crippen molar-refractivity contribution in [3.8, 4) is 0 Å². The van der Waals surface area contributed by atoms with E-state index in [1.807, 2.05) is 33.3 Å². The number of rotatable bonds is 8. The summed E-state index contributed by atoms with van der Waals surface area (Å²) in [7, 11) is 1.83. The van der Waals surface area contributed by atoms with Gasteiger partial charge in [0.05, 0.1) is 17.0 Å². The molecule has 2 rings (SSSR count). The fraction of sp³-hybridized carbons (Fsp3) is 0.273. The van der Waals surface area contributed by atoms with Crippen molar-refractivity contribution in [3.63, 3.8) is 0 Å². The molecule has 2 aromatic rings. The number of hydrogen-bond donors (Lipinski definition) is 3. The molecule has 0 aliphatic rings. The van der Waals surface area contributed by atoms with E-state index in [9.17, 15) is 13.2 Å². The van der Waals surface area contributed by atoms with Crippen LogP contribution in [0.4, 0.5) is 13.2 Å². The van der Waals surface area contributed by atoms with Crippen molar-refractivity contribution < 1.29 is 13.2 Å². The van der Waals surface area contributed by atoms with E-state index in [2.05, 4.69) is 28.8 Å². The van der Waals surface area contributed by atoms with Gasteiger partial charge in [0.1, 0.15) is 0 Å². The monoisotopic (exact) mass is 389 g/mol. The molecule has 0 bridgehead atoms. The summed E-state index contributed by atoms with van der Waals surface area (Å²) >= 11 is 0. The van der Waals surface area contributed by atoms with Crippen LogP contribution in [0.3, 0.4) is 0 Å². The Morgan fingerprint density at radius 3 is 2.43 bits per heavy atom. The molecule has 1 unspecified atom stereocenters. The number of hydrogen-bond acceptors (Lipinski definition) is 2. The molecule has 3 N–H and O–H groups in total. The van der Waals surface area contributed by atoms with Gasteiger partial charge < -0.3 is 15.6 Å². The minimum Gasteiger partial charge on any atom is -0.394 e. The molecular weight excluding hydrogens is 363 g/mol. The maximum Gasteiger partial charge on any atom is 0.416 e. The summed E-state index contributed by atoms with van der Waals surface area (Å²) in [6.45, 7) is 11.9. The van der Waals surface area contributed by atoms with E-state index in [0.717, 1.165) is 45.8 Å². The average molecular weight is 389 g/mol. The first-order valence-corrected chi connectivity index (χ1v) is 8.96. The summed E-state index contributed by atoms with van der Waals surface area (Å²) in [6, 6.07) is 5.28. The van der Waals surface area contributed by atoms with Crippen LogP contribution in [0.25, 0.3) is 5.70 Å². The van der Waals surface area contributed by atoms with Gasteiger partial charge in [-0.25, -0.2) is 0 Å². The summed E-state index contributed by atoms with van der Waals surface area (Å²) in [5.74, 6) is 0. The van der Waals surface area contributed by atoms with Crippen molar-refractivity contribution >= 4 is 5.70 Å². The Morgan fingerprint density at radius 2 is 1.89 bits per heavy atom. The van der Waals surface area contributed by atoms with Crippen LogP contribution in [0.2, 0.25) is 0 Å². The van der Waals surface area contributed by atoms with Crippen LogP contribution in [0.15, 0.2) is 61.5 Å². The number of nitrogens with one attached hydrogen (secondary N) is 3. The third-order valence-electron chi connectivity index (χ3n) is 4.66. The lowest BCUT2D eigenvalue weighted by molar-refractivity contribution is -0.137. The Hall–Kier alpha value is -2.89. The zero-order chi connectivity index (χ0) is 20.9. The average Bonchev–Trinajstić information content (AvgIpc) is 2.99. The second-order valence-electron chi connectivity index (χ2n) is 6.67. The molecule has 0 saturated carbocycles. The molecule has 0 aliphatic carbocycles. The minimum atomic E-state index is -4.32. The first-order valence-electron chi connectivity index (χ1n) is 8.96. The van der Waals surface area contributed by atoms with Gasteiger partial charge in [-0.05, 0) is 54.7 Å². The number of alkyl halides is 3. The summed E-state index contributed by atoms with van der Waals surface area (Å²) in [6.07, 6.45) is 1.75. The van der Waals surface area contributed by atoms with E-state index in [1.54, 1.807) is 6.08 Å². The Morgan fingerprint density at radius 1 is 1.25 bits per heavy atom. The molecule has 0 radical (unpaired) electrons. The van der Waals surface area contributed by atoms with Crippen molar-refractivity contribution in [3.05, 3.63) is 89.4 Å². The fourth-order valence-corrected chi connectivity index (χ4v) is 3.01. The fourth-order valence-electron chi connectivity index (χ4n) is 3.01. The molecular formula is C22H26F3N3. The third-order valence-corrected chi connectivity index (χ3v) is 4.66. The molecule has 0 aliphatic heterocycles.